The first-order chi connectivity index (χ1) is 10.2. The maximum atomic E-state index is 11.9. The number of hydrogen-bond acceptors (Lipinski definition) is 2. The molecule has 0 radical (unpaired) electrons. The van der Waals surface area contributed by atoms with Gasteiger partial charge >= 0.3 is 0 Å². The molecule has 0 spiro atoms. The zero-order valence-electron chi connectivity index (χ0n) is 12.7. The first-order valence-corrected chi connectivity index (χ1v) is 7.40. The third-order valence-electron chi connectivity index (χ3n) is 3.82. The van der Waals surface area contributed by atoms with Crippen molar-refractivity contribution in [1.29, 1.82) is 0 Å². The van der Waals surface area contributed by atoms with Gasteiger partial charge in [0.15, 0.2) is 0 Å². The summed E-state index contributed by atoms with van der Waals surface area (Å²) in [6, 6.07) is 13.9. The molecule has 0 amide bonds. The Morgan fingerprint density at radius 1 is 1.19 bits per heavy atom. The van der Waals surface area contributed by atoms with Crippen LogP contribution in [0, 0.1) is 5.41 Å². The fourth-order valence-electron chi connectivity index (χ4n) is 2.64. The van der Waals surface area contributed by atoms with Gasteiger partial charge in [0.05, 0.1) is 6.26 Å². The highest BCUT2D eigenvalue weighted by Gasteiger charge is 2.35. The van der Waals surface area contributed by atoms with Gasteiger partial charge in [0, 0.05) is 11.3 Å². The van der Waals surface area contributed by atoms with Crippen molar-refractivity contribution in [3.05, 3.63) is 72.2 Å². The number of carbonyl (C=O) groups is 1. The van der Waals surface area contributed by atoms with Gasteiger partial charge in [0.2, 0.25) is 0 Å². The maximum Gasteiger partial charge on any atom is 0.127 e. The normalized spacial score (nSPS) is 15.7. The molecule has 0 aliphatic carbocycles. The summed E-state index contributed by atoms with van der Waals surface area (Å²) in [6.07, 6.45) is 8.55. The second-order valence-corrected chi connectivity index (χ2v) is 5.62. The Hall–Kier alpha value is -2.09. The molecule has 1 aromatic carbocycles. The average Bonchev–Trinajstić information content (AvgIpc) is 3.02. The Balaban J connectivity index is 2.34. The highest BCUT2D eigenvalue weighted by molar-refractivity contribution is 5.62. The molecule has 110 valence electrons. The van der Waals surface area contributed by atoms with Gasteiger partial charge in [-0.15, -0.1) is 0 Å². The smallest absolute Gasteiger partial charge is 0.127 e. The lowest BCUT2D eigenvalue weighted by molar-refractivity contribution is -0.116. The van der Waals surface area contributed by atoms with Crippen molar-refractivity contribution >= 4 is 6.29 Å². The minimum Gasteiger partial charge on any atom is -0.469 e. The summed E-state index contributed by atoms with van der Waals surface area (Å²) in [5.41, 5.74) is 0.638. The van der Waals surface area contributed by atoms with Crippen molar-refractivity contribution in [2.24, 2.45) is 5.41 Å². The summed E-state index contributed by atoms with van der Waals surface area (Å²) in [4.78, 5) is 11.9. The van der Waals surface area contributed by atoms with E-state index < -0.39 is 5.41 Å². The van der Waals surface area contributed by atoms with E-state index in [2.05, 4.69) is 31.2 Å². The van der Waals surface area contributed by atoms with Gasteiger partial charge in [-0.2, -0.15) is 0 Å². The van der Waals surface area contributed by atoms with Crippen LogP contribution in [0.25, 0.3) is 0 Å². The van der Waals surface area contributed by atoms with E-state index in [-0.39, 0.29) is 5.92 Å². The summed E-state index contributed by atoms with van der Waals surface area (Å²) in [5, 5.41) is 0. The Morgan fingerprint density at radius 2 is 1.95 bits per heavy atom. The van der Waals surface area contributed by atoms with E-state index in [1.54, 1.807) is 6.26 Å². The molecule has 1 aromatic heterocycles. The summed E-state index contributed by atoms with van der Waals surface area (Å²) < 4.78 is 5.57. The van der Waals surface area contributed by atoms with Crippen LogP contribution in [0.3, 0.4) is 0 Å². The summed E-state index contributed by atoms with van der Waals surface area (Å²) in [7, 11) is 0. The zero-order chi connectivity index (χ0) is 15.1. The van der Waals surface area contributed by atoms with Crippen LogP contribution in [0.5, 0.6) is 0 Å². The molecule has 0 aliphatic heterocycles. The van der Waals surface area contributed by atoms with Crippen molar-refractivity contribution < 1.29 is 9.21 Å². The maximum absolute atomic E-state index is 11.9. The molecule has 0 saturated carbocycles. The van der Waals surface area contributed by atoms with Crippen molar-refractivity contribution in [3.8, 4) is 0 Å². The third-order valence-corrected chi connectivity index (χ3v) is 3.82. The number of hydrogen-bond donors (Lipinski definition) is 0. The predicted octanol–water partition coefficient (Wildman–Crippen LogP) is 4.78. The lowest BCUT2D eigenvalue weighted by Gasteiger charge is -2.30. The summed E-state index contributed by atoms with van der Waals surface area (Å²) in [5.74, 6) is 0.787. The van der Waals surface area contributed by atoms with Gasteiger partial charge in [0.1, 0.15) is 12.0 Å². The molecule has 2 atom stereocenters. The highest BCUT2D eigenvalue weighted by Crippen LogP contribution is 2.38. The first kappa shape index (κ1) is 15.3. The molecule has 2 aromatic rings. The van der Waals surface area contributed by atoms with E-state index in [0.717, 1.165) is 24.0 Å². The molecule has 2 heteroatoms. The molecule has 0 aliphatic rings. The topological polar surface area (TPSA) is 30.2 Å². The monoisotopic (exact) mass is 282 g/mol. The van der Waals surface area contributed by atoms with E-state index in [1.807, 2.05) is 37.3 Å². The third kappa shape index (κ3) is 3.72. The van der Waals surface area contributed by atoms with Crippen LogP contribution in [0.1, 0.15) is 37.5 Å². The van der Waals surface area contributed by atoms with Crippen molar-refractivity contribution in [1.82, 2.24) is 0 Å². The molecule has 2 nitrogen and oxygen atoms in total. The van der Waals surface area contributed by atoms with E-state index in [0.29, 0.717) is 6.42 Å². The molecular formula is C19H22O2. The molecule has 21 heavy (non-hydrogen) atoms. The molecule has 1 heterocycles. The first-order valence-electron chi connectivity index (χ1n) is 7.40. The van der Waals surface area contributed by atoms with Gasteiger partial charge in [-0.1, -0.05) is 56.3 Å². The van der Waals surface area contributed by atoms with Gasteiger partial charge in [-0.05, 0) is 30.5 Å². The lowest BCUT2D eigenvalue weighted by Crippen LogP contribution is -2.28. The van der Waals surface area contributed by atoms with E-state index in [9.17, 15) is 4.79 Å². The molecule has 0 saturated heterocycles. The number of benzene rings is 1. The Kier molecular flexibility index (Phi) is 5.15. The van der Waals surface area contributed by atoms with Crippen molar-refractivity contribution in [2.45, 2.75) is 32.6 Å². The quantitative estimate of drug-likeness (QED) is 0.540. The Labute approximate surface area is 126 Å². The van der Waals surface area contributed by atoms with Gasteiger partial charge in [-0.25, -0.2) is 0 Å². The van der Waals surface area contributed by atoms with Gasteiger partial charge < -0.3 is 9.21 Å². The Bertz CT molecular complexity index is 569. The number of furan rings is 1. The Morgan fingerprint density at radius 3 is 2.52 bits per heavy atom. The van der Waals surface area contributed by atoms with Crippen LogP contribution >= 0.6 is 0 Å². The molecular weight excluding hydrogens is 260 g/mol. The molecule has 0 bridgehead atoms. The van der Waals surface area contributed by atoms with E-state index >= 15 is 0 Å². The largest absolute Gasteiger partial charge is 0.469 e. The SMILES string of the molecule is CC/C=C/[C@@H](c1ccco1)[C@](C)(C=O)Cc1ccccc1. The zero-order valence-corrected chi connectivity index (χ0v) is 12.7. The second-order valence-electron chi connectivity index (χ2n) is 5.62. The predicted molar refractivity (Wildman–Crippen MR) is 85.2 cm³/mol. The van der Waals surface area contributed by atoms with E-state index in [1.165, 1.54) is 0 Å². The molecule has 0 N–H and O–H groups in total. The minimum atomic E-state index is -0.523. The van der Waals surface area contributed by atoms with Crippen LogP contribution in [-0.4, -0.2) is 6.29 Å². The van der Waals surface area contributed by atoms with Crippen LogP contribution in [0.2, 0.25) is 0 Å². The lowest BCUT2D eigenvalue weighted by atomic mass is 9.72. The number of allylic oxidation sites excluding steroid dienone is 2. The second kappa shape index (κ2) is 7.07. The minimum absolute atomic E-state index is 0.0508. The number of aldehydes is 1. The van der Waals surface area contributed by atoms with Crippen LogP contribution in [0.4, 0.5) is 0 Å². The van der Waals surface area contributed by atoms with Crippen molar-refractivity contribution in [2.75, 3.05) is 0 Å². The van der Waals surface area contributed by atoms with Crippen LogP contribution in [0.15, 0.2) is 65.3 Å². The van der Waals surface area contributed by atoms with Crippen LogP contribution in [-0.2, 0) is 11.2 Å². The summed E-state index contributed by atoms with van der Waals surface area (Å²) in [6.45, 7) is 4.09. The highest BCUT2D eigenvalue weighted by atomic mass is 16.3. The molecule has 0 fully saturated rings. The number of carbonyl (C=O) groups excluding carboxylic acids is 1. The fraction of sp³-hybridized carbons (Fsp3) is 0.316. The van der Waals surface area contributed by atoms with E-state index in [4.69, 9.17) is 4.42 Å². The van der Waals surface area contributed by atoms with Crippen molar-refractivity contribution in [3.63, 3.8) is 0 Å². The summed E-state index contributed by atoms with van der Waals surface area (Å²) >= 11 is 0. The standard InChI is InChI=1S/C19H22O2/c1-3-4-11-17(18-12-8-13-21-18)19(2,15-20)14-16-9-6-5-7-10-16/h4-13,15,17H,3,14H2,1-2H3/b11-4+/t17-,19-/m0/s1. The number of rotatable bonds is 7. The fourth-order valence-corrected chi connectivity index (χ4v) is 2.64. The van der Waals surface area contributed by atoms with Crippen LogP contribution < -0.4 is 0 Å². The van der Waals surface area contributed by atoms with Gasteiger partial charge in [0.25, 0.3) is 0 Å². The molecule has 0 unspecified atom stereocenters. The average molecular weight is 282 g/mol. The van der Waals surface area contributed by atoms with Gasteiger partial charge in [-0.3, -0.25) is 0 Å². The molecule has 2 rings (SSSR count).